The van der Waals surface area contributed by atoms with Gasteiger partial charge in [-0.1, -0.05) is 6.07 Å². The van der Waals surface area contributed by atoms with Crippen molar-refractivity contribution in [1.29, 1.82) is 0 Å². The van der Waals surface area contributed by atoms with E-state index in [0.717, 1.165) is 62.6 Å². The monoisotopic (exact) mass is 417 g/mol. The topological polar surface area (TPSA) is 65.7 Å². The number of hydrogen-bond donors (Lipinski definition) is 0. The molecule has 0 radical (unpaired) electrons. The van der Waals surface area contributed by atoms with Crippen molar-refractivity contribution in [3.8, 4) is 11.5 Å². The van der Waals surface area contributed by atoms with Gasteiger partial charge in [-0.2, -0.15) is 0 Å². The van der Waals surface area contributed by atoms with Gasteiger partial charge in [-0.3, -0.25) is 4.79 Å². The van der Waals surface area contributed by atoms with Crippen molar-refractivity contribution in [1.82, 2.24) is 14.9 Å². The maximum Gasteiger partial charge on any atom is 0.230 e. The predicted molar refractivity (Wildman–Crippen MR) is 120 cm³/mol. The van der Waals surface area contributed by atoms with E-state index in [0.29, 0.717) is 5.89 Å². The Balaban J connectivity index is 1.29. The third-order valence-electron chi connectivity index (χ3n) is 6.31. The second-order valence-corrected chi connectivity index (χ2v) is 8.34. The van der Waals surface area contributed by atoms with Crippen LogP contribution < -0.4 is 9.80 Å². The third kappa shape index (κ3) is 4.05. The van der Waals surface area contributed by atoms with Crippen LogP contribution in [0.1, 0.15) is 12.0 Å². The van der Waals surface area contributed by atoms with Crippen LogP contribution in [0.15, 0.2) is 59.5 Å². The molecular formula is C24H27N5O2. The van der Waals surface area contributed by atoms with E-state index in [1.165, 1.54) is 5.56 Å². The zero-order chi connectivity index (χ0) is 21.2. The molecule has 2 fully saturated rings. The molecule has 1 atom stereocenters. The lowest BCUT2D eigenvalue weighted by Crippen LogP contribution is -2.45. The minimum absolute atomic E-state index is 0.0122. The molecule has 1 unspecified atom stereocenters. The molecule has 3 aromatic rings. The summed E-state index contributed by atoms with van der Waals surface area (Å²) < 4.78 is 5.35. The van der Waals surface area contributed by atoms with E-state index in [1.54, 1.807) is 12.5 Å². The third-order valence-corrected chi connectivity index (χ3v) is 6.31. The zero-order valence-corrected chi connectivity index (χ0v) is 17.8. The number of benzene rings is 1. The lowest BCUT2D eigenvalue weighted by atomic mass is 9.98. The Kier molecular flexibility index (Phi) is 5.42. The molecule has 5 rings (SSSR count). The maximum atomic E-state index is 13.2. The first-order chi connectivity index (χ1) is 15.2. The Morgan fingerprint density at radius 3 is 2.55 bits per heavy atom. The first-order valence-corrected chi connectivity index (χ1v) is 10.9. The SMILES string of the molecule is CN1CCN(c2ncccc2CC2CCN(c3ccc(-c4ncco4)cc3)C2=O)CC1. The van der Waals surface area contributed by atoms with Crippen LogP contribution in [0.4, 0.5) is 11.5 Å². The van der Waals surface area contributed by atoms with E-state index in [1.807, 2.05) is 41.4 Å². The molecule has 0 spiro atoms. The lowest BCUT2D eigenvalue weighted by molar-refractivity contribution is -0.120. The number of aromatic nitrogens is 2. The fraction of sp³-hybridized carbons (Fsp3) is 0.375. The minimum Gasteiger partial charge on any atom is -0.445 e. The van der Waals surface area contributed by atoms with Crippen molar-refractivity contribution in [2.45, 2.75) is 12.8 Å². The number of pyridine rings is 1. The van der Waals surface area contributed by atoms with Gasteiger partial charge in [0.25, 0.3) is 0 Å². The van der Waals surface area contributed by atoms with Crippen molar-refractivity contribution < 1.29 is 9.21 Å². The molecule has 0 saturated carbocycles. The van der Waals surface area contributed by atoms with Crippen LogP contribution >= 0.6 is 0 Å². The molecule has 0 aliphatic carbocycles. The number of hydrogen-bond acceptors (Lipinski definition) is 6. The van der Waals surface area contributed by atoms with Crippen molar-refractivity contribution in [2.75, 3.05) is 49.6 Å². The minimum atomic E-state index is -0.0122. The number of oxazole rings is 1. The molecule has 2 aromatic heterocycles. The van der Waals surface area contributed by atoms with E-state index in [9.17, 15) is 4.79 Å². The number of likely N-dealkylation sites (N-methyl/N-ethyl adjacent to an activating group) is 1. The normalized spacial score (nSPS) is 19.9. The van der Waals surface area contributed by atoms with Gasteiger partial charge >= 0.3 is 0 Å². The molecule has 2 saturated heterocycles. The Bertz CT molecular complexity index is 1030. The highest BCUT2D eigenvalue weighted by Crippen LogP contribution is 2.31. The second-order valence-electron chi connectivity index (χ2n) is 8.34. The van der Waals surface area contributed by atoms with Crippen molar-refractivity contribution in [2.24, 2.45) is 5.92 Å². The number of piperazine rings is 1. The summed E-state index contributed by atoms with van der Waals surface area (Å²) >= 11 is 0. The maximum absolute atomic E-state index is 13.2. The highest BCUT2D eigenvalue weighted by molar-refractivity contribution is 5.97. The van der Waals surface area contributed by atoms with Gasteiger partial charge in [-0.15, -0.1) is 0 Å². The van der Waals surface area contributed by atoms with Crippen LogP contribution in [0.3, 0.4) is 0 Å². The molecule has 31 heavy (non-hydrogen) atoms. The number of nitrogens with zero attached hydrogens (tertiary/aromatic N) is 5. The van der Waals surface area contributed by atoms with Gasteiger partial charge in [0.1, 0.15) is 12.1 Å². The van der Waals surface area contributed by atoms with Crippen LogP contribution in [0.2, 0.25) is 0 Å². The Hall–Kier alpha value is -3.19. The van der Waals surface area contributed by atoms with Gasteiger partial charge in [0.15, 0.2) is 0 Å². The first kappa shape index (κ1) is 19.8. The second kappa shape index (κ2) is 8.51. The number of carbonyl (C=O) groups is 1. The molecule has 160 valence electrons. The number of amides is 1. The molecular weight excluding hydrogens is 390 g/mol. The average Bonchev–Trinajstić information content (AvgIpc) is 3.46. The number of rotatable bonds is 5. The largest absolute Gasteiger partial charge is 0.445 e. The number of carbonyl (C=O) groups excluding carboxylic acids is 1. The molecule has 1 amide bonds. The smallest absolute Gasteiger partial charge is 0.230 e. The van der Waals surface area contributed by atoms with Crippen LogP contribution in [0.5, 0.6) is 0 Å². The van der Waals surface area contributed by atoms with E-state index >= 15 is 0 Å². The van der Waals surface area contributed by atoms with Gasteiger partial charge in [-0.25, -0.2) is 9.97 Å². The molecule has 7 heteroatoms. The zero-order valence-electron chi connectivity index (χ0n) is 17.8. The highest BCUT2D eigenvalue weighted by atomic mass is 16.3. The van der Waals surface area contributed by atoms with Gasteiger partial charge < -0.3 is 19.1 Å². The molecule has 2 aliphatic rings. The summed E-state index contributed by atoms with van der Waals surface area (Å²) in [6, 6.07) is 12.0. The van der Waals surface area contributed by atoms with Crippen LogP contribution in [-0.4, -0.2) is 60.5 Å². The summed E-state index contributed by atoms with van der Waals surface area (Å²) in [6.45, 7) is 4.77. The van der Waals surface area contributed by atoms with Crippen LogP contribution in [0.25, 0.3) is 11.5 Å². The Morgan fingerprint density at radius 1 is 1.00 bits per heavy atom. The van der Waals surface area contributed by atoms with E-state index in [-0.39, 0.29) is 11.8 Å². The van der Waals surface area contributed by atoms with E-state index in [4.69, 9.17) is 4.42 Å². The highest BCUT2D eigenvalue weighted by Gasteiger charge is 2.33. The predicted octanol–water partition coefficient (Wildman–Crippen LogP) is 3.08. The summed E-state index contributed by atoms with van der Waals surface area (Å²) in [5, 5.41) is 0. The van der Waals surface area contributed by atoms with Crippen molar-refractivity contribution in [3.05, 3.63) is 60.6 Å². The van der Waals surface area contributed by atoms with Gasteiger partial charge in [0, 0.05) is 56.1 Å². The molecule has 2 aliphatic heterocycles. The van der Waals surface area contributed by atoms with Crippen LogP contribution in [-0.2, 0) is 11.2 Å². The summed E-state index contributed by atoms with van der Waals surface area (Å²) in [4.78, 5) is 28.7. The van der Waals surface area contributed by atoms with E-state index < -0.39 is 0 Å². The number of anilines is 2. The van der Waals surface area contributed by atoms with Gasteiger partial charge in [0.05, 0.1) is 6.20 Å². The Morgan fingerprint density at radius 2 is 1.81 bits per heavy atom. The summed E-state index contributed by atoms with van der Waals surface area (Å²) in [5.41, 5.74) is 3.00. The molecule has 0 bridgehead atoms. The quantitative estimate of drug-likeness (QED) is 0.636. The molecule has 1 aromatic carbocycles. The van der Waals surface area contributed by atoms with Gasteiger partial charge in [-0.05, 0) is 55.8 Å². The summed E-state index contributed by atoms with van der Waals surface area (Å²) in [6.07, 6.45) is 6.64. The average molecular weight is 418 g/mol. The fourth-order valence-corrected chi connectivity index (χ4v) is 4.49. The van der Waals surface area contributed by atoms with E-state index in [2.05, 4.69) is 32.9 Å². The molecule has 0 N–H and O–H groups in total. The Labute approximate surface area is 182 Å². The fourth-order valence-electron chi connectivity index (χ4n) is 4.49. The molecule has 7 nitrogen and oxygen atoms in total. The standard InChI is InChI=1S/C24H27N5O2/c1-27-12-14-28(15-13-27)22-19(3-2-9-25-22)17-20-8-11-29(24(20)30)21-6-4-18(5-7-21)23-26-10-16-31-23/h2-7,9-10,16,20H,8,11-15,17H2,1H3. The summed E-state index contributed by atoms with van der Waals surface area (Å²) in [7, 11) is 2.15. The molecule has 4 heterocycles. The van der Waals surface area contributed by atoms with Crippen molar-refractivity contribution >= 4 is 17.4 Å². The van der Waals surface area contributed by atoms with Crippen molar-refractivity contribution in [3.63, 3.8) is 0 Å². The summed E-state index contributed by atoms with van der Waals surface area (Å²) in [5.74, 6) is 1.81. The van der Waals surface area contributed by atoms with Crippen LogP contribution in [0, 0.1) is 5.92 Å². The van der Waals surface area contributed by atoms with Gasteiger partial charge in [0.2, 0.25) is 11.8 Å². The first-order valence-electron chi connectivity index (χ1n) is 10.9. The lowest BCUT2D eigenvalue weighted by Gasteiger charge is -2.34.